The Labute approximate surface area is 174 Å². The molecule has 1 fully saturated rings. The zero-order valence-corrected chi connectivity index (χ0v) is 17.0. The number of aromatic nitrogens is 4. The number of imidazole rings is 1. The van der Waals surface area contributed by atoms with E-state index < -0.39 is 0 Å². The van der Waals surface area contributed by atoms with E-state index in [9.17, 15) is 4.79 Å². The Kier molecular flexibility index (Phi) is 4.78. The van der Waals surface area contributed by atoms with Gasteiger partial charge in [-0.15, -0.1) is 0 Å². The van der Waals surface area contributed by atoms with Gasteiger partial charge < -0.3 is 14.8 Å². The number of hydrogen-bond donors (Lipinski definition) is 1. The second kappa shape index (κ2) is 7.74. The summed E-state index contributed by atoms with van der Waals surface area (Å²) in [6.07, 6.45) is 3.02. The van der Waals surface area contributed by atoms with Gasteiger partial charge in [-0.1, -0.05) is 31.2 Å². The van der Waals surface area contributed by atoms with Crippen LogP contribution in [0, 0.1) is 0 Å². The van der Waals surface area contributed by atoms with Crippen molar-refractivity contribution in [3.05, 3.63) is 54.4 Å². The van der Waals surface area contributed by atoms with Gasteiger partial charge in [-0.3, -0.25) is 4.79 Å². The van der Waals surface area contributed by atoms with E-state index in [4.69, 9.17) is 9.97 Å². The van der Waals surface area contributed by atoms with Crippen molar-refractivity contribution in [2.45, 2.75) is 32.7 Å². The molecular formula is C23H24N6O. The number of fused-ring (bicyclic) bond motifs is 2. The zero-order chi connectivity index (χ0) is 20.5. The maximum Gasteiger partial charge on any atom is 0.245 e. The Bertz CT molecular complexity index is 1230. The third kappa shape index (κ3) is 3.36. The van der Waals surface area contributed by atoms with Crippen LogP contribution >= 0.6 is 0 Å². The van der Waals surface area contributed by atoms with Crippen LogP contribution in [0.2, 0.25) is 0 Å². The van der Waals surface area contributed by atoms with Gasteiger partial charge in [0.05, 0.1) is 22.1 Å². The van der Waals surface area contributed by atoms with Crippen molar-refractivity contribution in [2.75, 3.05) is 23.3 Å². The van der Waals surface area contributed by atoms with Gasteiger partial charge in [0.2, 0.25) is 5.91 Å². The minimum atomic E-state index is -0.127. The molecule has 0 atom stereocenters. The standard InChI is InChI=1S/C23H24N6O/c1-2-20-24-18-11-5-6-12-19(18)29(20)15-21(30)27-22-23(28-13-7-8-14-28)26-17-10-4-3-9-16(17)25-22/h3-6,9-12H,2,7-8,13-15H2,1H3,(H,25,27,30). The van der Waals surface area contributed by atoms with E-state index in [1.54, 1.807) is 0 Å². The summed E-state index contributed by atoms with van der Waals surface area (Å²) >= 11 is 0. The molecule has 2 aromatic heterocycles. The quantitative estimate of drug-likeness (QED) is 0.552. The zero-order valence-electron chi connectivity index (χ0n) is 17.0. The predicted molar refractivity (Wildman–Crippen MR) is 119 cm³/mol. The molecule has 3 heterocycles. The van der Waals surface area contributed by atoms with Crippen LogP contribution in [-0.2, 0) is 17.8 Å². The molecule has 7 heteroatoms. The fraction of sp³-hybridized carbons (Fsp3) is 0.304. The van der Waals surface area contributed by atoms with Crippen LogP contribution < -0.4 is 10.2 Å². The summed E-state index contributed by atoms with van der Waals surface area (Å²) in [6.45, 7) is 4.11. The minimum Gasteiger partial charge on any atom is -0.354 e. The maximum absolute atomic E-state index is 13.0. The van der Waals surface area contributed by atoms with Gasteiger partial charge in [0.25, 0.3) is 0 Å². The molecular weight excluding hydrogens is 376 g/mol. The summed E-state index contributed by atoms with van der Waals surface area (Å²) in [7, 11) is 0. The topological polar surface area (TPSA) is 75.9 Å². The van der Waals surface area contributed by atoms with Crippen molar-refractivity contribution in [3.63, 3.8) is 0 Å². The van der Waals surface area contributed by atoms with E-state index in [-0.39, 0.29) is 12.5 Å². The van der Waals surface area contributed by atoms with Crippen molar-refractivity contribution in [2.24, 2.45) is 0 Å². The van der Waals surface area contributed by atoms with Gasteiger partial charge in [-0.2, -0.15) is 0 Å². The Morgan fingerprint density at radius 3 is 2.33 bits per heavy atom. The van der Waals surface area contributed by atoms with Crippen LogP contribution in [0.4, 0.5) is 11.6 Å². The molecule has 1 saturated heterocycles. The summed E-state index contributed by atoms with van der Waals surface area (Å²) in [6, 6.07) is 15.7. The summed E-state index contributed by atoms with van der Waals surface area (Å²) in [5, 5.41) is 3.03. The molecule has 1 N–H and O–H groups in total. The molecule has 0 saturated carbocycles. The number of rotatable bonds is 5. The molecule has 0 unspecified atom stereocenters. The minimum absolute atomic E-state index is 0.127. The number of nitrogens with zero attached hydrogens (tertiary/aromatic N) is 5. The second-order valence-corrected chi connectivity index (χ2v) is 7.58. The number of hydrogen-bond acceptors (Lipinski definition) is 5. The Hall–Kier alpha value is -3.48. The van der Waals surface area contributed by atoms with E-state index in [0.717, 1.165) is 66.1 Å². The third-order valence-electron chi connectivity index (χ3n) is 5.57. The van der Waals surface area contributed by atoms with E-state index in [1.807, 2.05) is 53.1 Å². The van der Waals surface area contributed by atoms with Gasteiger partial charge in [-0.05, 0) is 37.1 Å². The van der Waals surface area contributed by atoms with Crippen LogP contribution in [0.3, 0.4) is 0 Å². The molecule has 7 nitrogen and oxygen atoms in total. The lowest BCUT2D eigenvalue weighted by molar-refractivity contribution is -0.116. The highest BCUT2D eigenvalue weighted by Crippen LogP contribution is 2.28. The number of amides is 1. The lowest BCUT2D eigenvalue weighted by Gasteiger charge is -2.20. The fourth-order valence-electron chi connectivity index (χ4n) is 4.11. The first-order chi connectivity index (χ1) is 14.7. The number of carbonyl (C=O) groups is 1. The first-order valence-corrected chi connectivity index (χ1v) is 10.5. The summed E-state index contributed by atoms with van der Waals surface area (Å²) in [5.41, 5.74) is 3.49. The van der Waals surface area contributed by atoms with Crippen LogP contribution in [0.5, 0.6) is 0 Å². The summed E-state index contributed by atoms with van der Waals surface area (Å²) in [5.74, 6) is 2.06. The molecule has 1 aliphatic heterocycles. The third-order valence-corrected chi connectivity index (χ3v) is 5.57. The molecule has 2 aromatic carbocycles. The van der Waals surface area contributed by atoms with E-state index in [0.29, 0.717) is 5.82 Å². The number of nitrogens with one attached hydrogen (secondary N) is 1. The lowest BCUT2D eigenvalue weighted by Crippen LogP contribution is -2.25. The average molecular weight is 400 g/mol. The number of benzene rings is 2. The van der Waals surface area contributed by atoms with E-state index in [1.165, 1.54) is 0 Å². The SMILES string of the molecule is CCc1nc2ccccc2n1CC(=O)Nc1nc2ccccc2nc1N1CCCC1. The molecule has 0 radical (unpaired) electrons. The number of aryl methyl sites for hydroxylation is 1. The Balaban J connectivity index is 1.48. The van der Waals surface area contributed by atoms with Gasteiger partial charge in [-0.25, -0.2) is 15.0 Å². The monoisotopic (exact) mass is 400 g/mol. The number of anilines is 2. The highest BCUT2D eigenvalue weighted by atomic mass is 16.2. The highest BCUT2D eigenvalue weighted by molar-refractivity contribution is 5.95. The molecule has 1 aliphatic rings. The number of carbonyl (C=O) groups excluding carboxylic acids is 1. The van der Waals surface area contributed by atoms with Crippen LogP contribution in [0.15, 0.2) is 48.5 Å². The molecule has 5 rings (SSSR count). The van der Waals surface area contributed by atoms with Crippen LogP contribution in [0.1, 0.15) is 25.6 Å². The van der Waals surface area contributed by atoms with Crippen molar-refractivity contribution in [1.82, 2.24) is 19.5 Å². The summed E-state index contributed by atoms with van der Waals surface area (Å²) < 4.78 is 1.98. The maximum atomic E-state index is 13.0. The second-order valence-electron chi connectivity index (χ2n) is 7.58. The van der Waals surface area contributed by atoms with Crippen molar-refractivity contribution >= 4 is 39.6 Å². The first kappa shape index (κ1) is 18.5. The molecule has 0 aliphatic carbocycles. The van der Waals surface area contributed by atoms with Crippen LogP contribution in [0.25, 0.3) is 22.1 Å². The number of para-hydroxylation sites is 4. The van der Waals surface area contributed by atoms with Crippen molar-refractivity contribution < 1.29 is 4.79 Å². The molecule has 0 bridgehead atoms. The molecule has 152 valence electrons. The molecule has 4 aromatic rings. The van der Waals surface area contributed by atoms with Crippen molar-refractivity contribution in [1.29, 1.82) is 0 Å². The van der Waals surface area contributed by atoms with E-state index >= 15 is 0 Å². The first-order valence-electron chi connectivity index (χ1n) is 10.5. The van der Waals surface area contributed by atoms with Gasteiger partial charge >= 0.3 is 0 Å². The molecule has 1 amide bonds. The smallest absolute Gasteiger partial charge is 0.245 e. The van der Waals surface area contributed by atoms with Gasteiger partial charge in [0.15, 0.2) is 11.6 Å². The fourth-order valence-corrected chi connectivity index (χ4v) is 4.11. The Morgan fingerprint density at radius 2 is 1.60 bits per heavy atom. The molecule has 0 spiro atoms. The van der Waals surface area contributed by atoms with Crippen molar-refractivity contribution in [3.8, 4) is 0 Å². The molecule has 30 heavy (non-hydrogen) atoms. The van der Waals surface area contributed by atoms with Gasteiger partial charge in [0.1, 0.15) is 12.4 Å². The van der Waals surface area contributed by atoms with Crippen LogP contribution in [-0.4, -0.2) is 38.5 Å². The largest absolute Gasteiger partial charge is 0.354 e. The highest BCUT2D eigenvalue weighted by Gasteiger charge is 2.21. The Morgan fingerprint density at radius 1 is 0.933 bits per heavy atom. The lowest BCUT2D eigenvalue weighted by atomic mass is 10.3. The predicted octanol–water partition coefficient (Wildman–Crippen LogP) is 3.78. The normalized spacial score (nSPS) is 14.0. The average Bonchev–Trinajstić information content (AvgIpc) is 3.42. The van der Waals surface area contributed by atoms with Gasteiger partial charge in [0, 0.05) is 19.5 Å². The van der Waals surface area contributed by atoms with E-state index in [2.05, 4.69) is 22.1 Å². The summed E-state index contributed by atoms with van der Waals surface area (Å²) in [4.78, 5) is 29.5.